The predicted molar refractivity (Wildman–Crippen MR) is 53.8 cm³/mol. The number of carbonyl (C=O) groups excluding carboxylic acids is 1. The number of ether oxygens (including phenoxy) is 2. The summed E-state index contributed by atoms with van der Waals surface area (Å²) in [5.41, 5.74) is 0. The van der Waals surface area contributed by atoms with Gasteiger partial charge in [-0.25, -0.2) is 0 Å². The lowest BCUT2D eigenvalue weighted by Crippen LogP contribution is -2.44. The van der Waals surface area contributed by atoms with Gasteiger partial charge in [0.05, 0.1) is 5.92 Å². The Morgan fingerprint density at radius 3 is 2.50 bits per heavy atom. The number of ketones is 1. The number of methoxy groups -OCH3 is 2. The maximum absolute atomic E-state index is 11.7. The van der Waals surface area contributed by atoms with E-state index in [2.05, 4.69) is 0 Å². The number of Topliss-reactive ketones (excluding diaryl/α,β-unsaturated/α-hetero) is 1. The van der Waals surface area contributed by atoms with E-state index in [0.717, 1.165) is 0 Å². The van der Waals surface area contributed by atoms with E-state index in [-0.39, 0.29) is 11.7 Å². The zero-order chi connectivity index (χ0) is 10.6. The summed E-state index contributed by atoms with van der Waals surface area (Å²) >= 11 is 0. The third kappa shape index (κ3) is 1.79. The fourth-order valence-corrected chi connectivity index (χ4v) is 1.63. The summed E-state index contributed by atoms with van der Waals surface area (Å²) in [6.45, 7) is 1.84. The van der Waals surface area contributed by atoms with Crippen molar-refractivity contribution in [3.63, 3.8) is 0 Å². The molecule has 1 aliphatic carbocycles. The van der Waals surface area contributed by atoms with Gasteiger partial charge in [0.2, 0.25) is 5.79 Å². The quantitative estimate of drug-likeness (QED) is 0.642. The van der Waals surface area contributed by atoms with Crippen LogP contribution in [0.5, 0.6) is 0 Å². The van der Waals surface area contributed by atoms with Gasteiger partial charge in [-0.05, 0) is 6.08 Å². The summed E-state index contributed by atoms with van der Waals surface area (Å²) in [7, 11) is 3.09. The molecule has 0 saturated heterocycles. The molecule has 3 heteroatoms. The lowest BCUT2D eigenvalue weighted by atomic mass is 9.88. The molecule has 0 aromatic heterocycles. The Bertz CT molecular complexity index is 262. The highest BCUT2D eigenvalue weighted by Gasteiger charge is 2.40. The Balaban J connectivity index is 2.96. The first-order valence-electron chi connectivity index (χ1n) is 4.69. The first kappa shape index (κ1) is 11.1. The van der Waals surface area contributed by atoms with Crippen molar-refractivity contribution in [1.29, 1.82) is 0 Å². The van der Waals surface area contributed by atoms with Crippen LogP contribution in [0.3, 0.4) is 0 Å². The molecule has 0 heterocycles. The van der Waals surface area contributed by atoms with Gasteiger partial charge in [0.15, 0.2) is 0 Å². The van der Waals surface area contributed by atoms with Crippen molar-refractivity contribution >= 4 is 5.78 Å². The minimum Gasteiger partial charge on any atom is -0.349 e. The second kappa shape index (κ2) is 4.53. The minimum atomic E-state index is -0.915. The molecule has 14 heavy (non-hydrogen) atoms. The fraction of sp³-hybridized carbons (Fsp3) is 0.545. The van der Waals surface area contributed by atoms with Gasteiger partial charge in [0, 0.05) is 20.6 Å². The summed E-state index contributed by atoms with van der Waals surface area (Å²) in [4.78, 5) is 11.7. The van der Waals surface area contributed by atoms with Crippen LogP contribution in [0.15, 0.2) is 24.3 Å². The molecule has 3 nitrogen and oxygen atoms in total. The molecule has 1 aliphatic rings. The van der Waals surface area contributed by atoms with Gasteiger partial charge >= 0.3 is 0 Å². The number of carbonyl (C=O) groups is 1. The molecule has 0 aromatic carbocycles. The smallest absolute Gasteiger partial charge is 0.201 e. The van der Waals surface area contributed by atoms with E-state index >= 15 is 0 Å². The van der Waals surface area contributed by atoms with E-state index < -0.39 is 5.79 Å². The van der Waals surface area contributed by atoms with Crippen molar-refractivity contribution in [2.75, 3.05) is 14.2 Å². The van der Waals surface area contributed by atoms with Crippen LogP contribution < -0.4 is 0 Å². The fourth-order valence-electron chi connectivity index (χ4n) is 1.63. The van der Waals surface area contributed by atoms with Crippen LogP contribution >= 0.6 is 0 Å². The van der Waals surface area contributed by atoms with Gasteiger partial charge in [-0.1, -0.05) is 25.2 Å². The van der Waals surface area contributed by atoms with E-state index in [9.17, 15) is 4.79 Å². The first-order chi connectivity index (χ1) is 6.70. The monoisotopic (exact) mass is 196 g/mol. The molecule has 0 saturated carbocycles. The number of hydrogen-bond acceptors (Lipinski definition) is 3. The second-order valence-electron chi connectivity index (χ2n) is 3.17. The van der Waals surface area contributed by atoms with Gasteiger partial charge in [0.25, 0.3) is 0 Å². The summed E-state index contributed by atoms with van der Waals surface area (Å²) in [6, 6.07) is 0. The van der Waals surface area contributed by atoms with Crippen molar-refractivity contribution in [3.8, 4) is 0 Å². The summed E-state index contributed by atoms with van der Waals surface area (Å²) in [5.74, 6) is -1.14. The number of hydrogen-bond donors (Lipinski definition) is 0. The Kier molecular flexibility index (Phi) is 3.61. The van der Waals surface area contributed by atoms with E-state index in [0.29, 0.717) is 6.42 Å². The lowest BCUT2D eigenvalue weighted by molar-refractivity contribution is -0.196. The van der Waals surface area contributed by atoms with Crippen molar-refractivity contribution in [3.05, 3.63) is 24.3 Å². The molecule has 0 aromatic rings. The number of allylic oxidation sites excluding steroid dienone is 2. The van der Waals surface area contributed by atoms with Crippen LogP contribution in [0.2, 0.25) is 0 Å². The van der Waals surface area contributed by atoms with Crippen molar-refractivity contribution < 1.29 is 14.3 Å². The SMILES string of the molecule is CCC(=O)C1C=CC=CC1(OC)OC. The molecule has 1 rings (SSSR count). The van der Waals surface area contributed by atoms with Gasteiger partial charge in [0.1, 0.15) is 5.78 Å². The van der Waals surface area contributed by atoms with Crippen LogP contribution in [0.25, 0.3) is 0 Å². The van der Waals surface area contributed by atoms with Crippen LogP contribution in [-0.4, -0.2) is 25.8 Å². The minimum absolute atomic E-state index is 0.120. The van der Waals surface area contributed by atoms with Crippen molar-refractivity contribution in [1.82, 2.24) is 0 Å². The van der Waals surface area contributed by atoms with Crippen LogP contribution in [0, 0.1) is 5.92 Å². The van der Waals surface area contributed by atoms with Crippen molar-refractivity contribution in [2.45, 2.75) is 19.1 Å². The molecule has 0 amide bonds. The van der Waals surface area contributed by atoms with Crippen LogP contribution in [0.4, 0.5) is 0 Å². The standard InChI is InChI=1S/C11H16O3/c1-4-10(12)9-7-5-6-8-11(9,13-2)14-3/h5-9H,4H2,1-3H3. The molecule has 0 bridgehead atoms. The summed E-state index contributed by atoms with van der Waals surface area (Å²) in [5, 5.41) is 0. The van der Waals surface area contributed by atoms with Crippen LogP contribution in [0.1, 0.15) is 13.3 Å². The molecule has 0 N–H and O–H groups in total. The zero-order valence-corrected chi connectivity index (χ0v) is 8.82. The van der Waals surface area contributed by atoms with Gasteiger partial charge in [-0.15, -0.1) is 0 Å². The molecule has 0 fully saturated rings. The Hall–Kier alpha value is -0.930. The van der Waals surface area contributed by atoms with E-state index in [1.165, 1.54) is 0 Å². The topological polar surface area (TPSA) is 35.5 Å². The third-order valence-electron chi connectivity index (χ3n) is 2.51. The maximum atomic E-state index is 11.7. The Morgan fingerprint density at radius 1 is 1.36 bits per heavy atom. The second-order valence-corrected chi connectivity index (χ2v) is 3.17. The molecule has 78 valence electrons. The van der Waals surface area contributed by atoms with Gasteiger partial charge in [-0.3, -0.25) is 4.79 Å². The molecular formula is C11H16O3. The summed E-state index contributed by atoms with van der Waals surface area (Å²) < 4.78 is 10.6. The third-order valence-corrected chi connectivity index (χ3v) is 2.51. The van der Waals surface area contributed by atoms with Gasteiger partial charge < -0.3 is 9.47 Å². The highest BCUT2D eigenvalue weighted by Crippen LogP contribution is 2.30. The molecule has 1 atom stereocenters. The maximum Gasteiger partial charge on any atom is 0.201 e. The molecular weight excluding hydrogens is 180 g/mol. The van der Waals surface area contributed by atoms with Crippen LogP contribution in [-0.2, 0) is 14.3 Å². The van der Waals surface area contributed by atoms with E-state index in [1.54, 1.807) is 20.3 Å². The average Bonchev–Trinajstić information content (AvgIpc) is 2.27. The highest BCUT2D eigenvalue weighted by atomic mass is 16.7. The van der Waals surface area contributed by atoms with Crippen molar-refractivity contribution in [2.24, 2.45) is 5.92 Å². The number of rotatable bonds is 4. The van der Waals surface area contributed by atoms with Gasteiger partial charge in [-0.2, -0.15) is 0 Å². The first-order valence-corrected chi connectivity index (χ1v) is 4.69. The predicted octanol–water partition coefficient (Wildman–Crippen LogP) is 1.70. The van der Waals surface area contributed by atoms with E-state index in [4.69, 9.17) is 9.47 Å². The molecule has 1 unspecified atom stereocenters. The highest BCUT2D eigenvalue weighted by molar-refractivity contribution is 5.84. The molecule has 0 spiro atoms. The zero-order valence-electron chi connectivity index (χ0n) is 8.82. The average molecular weight is 196 g/mol. The lowest BCUT2D eigenvalue weighted by Gasteiger charge is -2.34. The largest absolute Gasteiger partial charge is 0.349 e. The Labute approximate surface area is 84.4 Å². The van der Waals surface area contributed by atoms with E-state index in [1.807, 2.05) is 25.2 Å². The summed E-state index contributed by atoms with van der Waals surface area (Å²) in [6.07, 6.45) is 7.74. The molecule has 0 radical (unpaired) electrons. The molecule has 0 aliphatic heterocycles. The normalized spacial score (nSPS) is 23.8. The Morgan fingerprint density at radius 2 is 2.00 bits per heavy atom.